The van der Waals surface area contributed by atoms with Gasteiger partial charge in [0.05, 0.1) is 39.0 Å². The van der Waals surface area contributed by atoms with Crippen LogP contribution in [0, 0.1) is 0 Å². The van der Waals surface area contributed by atoms with E-state index in [1.807, 2.05) is 19.1 Å². The maximum absolute atomic E-state index is 10.2. The summed E-state index contributed by atoms with van der Waals surface area (Å²) in [6, 6.07) is 16.1. The largest absolute Gasteiger partial charge is 0.504 e. The lowest BCUT2D eigenvalue weighted by atomic mass is 10.2. The highest BCUT2D eigenvalue weighted by Crippen LogP contribution is 2.28. The van der Waals surface area contributed by atoms with Crippen LogP contribution >= 0.6 is 0 Å². The quantitative estimate of drug-likeness (QED) is 0.784. The average molecular weight is 340 g/mol. The van der Waals surface area contributed by atoms with Crippen molar-refractivity contribution in [1.82, 2.24) is 5.01 Å². The second kappa shape index (κ2) is 8.53. The van der Waals surface area contributed by atoms with Gasteiger partial charge in [0.25, 0.3) is 0 Å². The number of hydrogen-bond acceptors (Lipinski definition) is 4. The fraction of sp³-hybridized carbons (Fsp3) is 0.350. The lowest BCUT2D eigenvalue weighted by Gasteiger charge is -2.30. The molecule has 0 radical (unpaired) electrons. The number of phenolic OH excluding ortho intramolecular Hbond substituents is 1. The molecule has 5 heteroatoms. The van der Waals surface area contributed by atoms with Crippen molar-refractivity contribution in [3.63, 3.8) is 0 Å². The maximum atomic E-state index is 10.2. The van der Waals surface area contributed by atoms with Gasteiger partial charge in [0.1, 0.15) is 6.54 Å². The predicted molar refractivity (Wildman–Crippen MR) is 99.3 cm³/mol. The van der Waals surface area contributed by atoms with Crippen molar-refractivity contribution >= 4 is 6.21 Å². The molecule has 0 spiro atoms. The second-order valence-electron chi connectivity index (χ2n) is 6.24. The van der Waals surface area contributed by atoms with Crippen molar-refractivity contribution in [1.29, 1.82) is 0 Å². The van der Waals surface area contributed by atoms with Crippen molar-refractivity contribution in [2.45, 2.75) is 13.5 Å². The summed E-state index contributed by atoms with van der Waals surface area (Å²) in [4.78, 5) is 1.58. The minimum absolute atomic E-state index is 0.154. The van der Waals surface area contributed by atoms with Crippen molar-refractivity contribution in [2.75, 3.05) is 32.8 Å². The van der Waals surface area contributed by atoms with E-state index in [0.29, 0.717) is 17.9 Å². The van der Waals surface area contributed by atoms with Gasteiger partial charge in [0, 0.05) is 11.1 Å². The zero-order valence-electron chi connectivity index (χ0n) is 14.7. The number of benzene rings is 2. The molecule has 1 saturated heterocycles. The van der Waals surface area contributed by atoms with Crippen LogP contribution in [0.25, 0.3) is 0 Å². The van der Waals surface area contributed by atoms with Crippen LogP contribution in [0.15, 0.2) is 53.6 Å². The number of piperazine rings is 1. The first-order chi connectivity index (χ1) is 12.3. The molecule has 1 aliphatic rings. The second-order valence-corrected chi connectivity index (χ2v) is 6.24. The molecule has 0 amide bonds. The van der Waals surface area contributed by atoms with Gasteiger partial charge in [0.15, 0.2) is 11.5 Å². The Morgan fingerprint density at radius 1 is 1.12 bits per heavy atom. The van der Waals surface area contributed by atoms with E-state index < -0.39 is 0 Å². The summed E-state index contributed by atoms with van der Waals surface area (Å²) in [5.74, 6) is 0.657. The number of hydrogen-bond donors (Lipinski definition) is 2. The molecule has 5 nitrogen and oxygen atoms in total. The Balaban J connectivity index is 1.54. The SMILES string of the molecule is CCOc1cccc(/C=N/N2CC[NH+](Cc3ccccc3)CC2)c1O. The van der Waals surface area contributed by atoms with Gasteiger partial charge < -0.3 is 14.7 Å². The summed E-state index contributed by atoms with van der Waals surface area (Å²) in [6.07, 6.45) is 1.72. The van der Waals surface area contributed by atoms with Gasteiger partial charge in [-0.2, -0.15) is 5.10 Å². The Morgan fingerprint density at radius 2 is 1.88 bits per heavy atom. The zero-order chi connectivity index (χ0) is 17.5. The van der Waals surface area contributed by atoms with E-state index in [2.05, 4.69) is 40.4 Å². The molecule has 0 aliphatic carbocycles. The van der Waals surface area contributed by atoms with Gasteiger partial charge in [-0.15, -0.1) is 0 Å². The van der Waals surface area contributed by atoms with Crippen LogP contribution in [0.4, 0.5) is 0 Å². The molecule has 0 atom stereocenters. The minimum atomic E-state index is 0.154. The third-order valence-corrected chi connectivity index (χ3v) is 4.43. The standard InChI is InChI=1S/C20H25N3O2/c1-2-25-19-10-6-9-18(20(19)24)15-21-23-13-11-22(12-14-23)16-17-7-4-3-5-8-17/h3-10,15,24H,2,11-14,16H2,1H3/p+1/b21-15+. The van der Waals surface area contributed by atoms with Crippen molar-refractivity contribution in [2.24, 2.45) is 5.10 Å². The van der Waals surface area contributed by atoms with Crippen LogP contribution in [0.2, 0.25) is 0 Å². The number of para-hydroxylation sites is 1. The van der Waals surface area contributed by atoms with Gasteiger partial charge >= 0.3 is 0 Å². The Labute approximate surface area is 149 Å². The zero-order valence-corrected chi connectivity index (χ0v) is 14.7. The van der Waals surface area contributed by atoms with Crippen molar-refractivity contribution in [3.05, 3.63) is 59.7 Å². The number of nitrogens with zero attached hydrogens (tertiary/aromatic N) is 2. The lowest BCUT2D eigenvalue weighted by Crippen LogP contribution is -3.13. The molecule has 132 valence electrons. The van der Waals surface area contributed by atoms with E-state index in [1.54, 1.807) is 17.2 Å². The topological polar surface area (TPSA) is 49.5 Å². The van der Waals surface area contributed by atoms with Gasteiger partial charge in [-0.3, -0.25) is 5.01 Å². The molecule has 1 heterocycles. The summed E-state index contributed by atoms with van der Waals surface area (Å²) >= 11 is 0. The van der Waals surface area contributed by atoms with Gasteiger partial charge in [0.2, 0.25) is 0 Å². The average Bonchev–Trinajstić information content (AvgIpc) is 2.65. The van der Waals surface area contributed by atoms with Crippen molar-refractivity contribution < 1.29 is 14.7 Å². The first-order valence-electron chi connectivity index (χ1n) is 8.87. The number of rotatable bonds is 6. The minimum Gasteiger partial charge on any atom is -0.504 e. The highest BCUT2D eigenvalue weighted by molar-refractivity contribution is 5.84. The van der Waals surface area contributed by atoms with E-state index in [1.165, 1.54) is 5.56 Å². The van der Waals surface area contributed by atoms with E-state index >= 15 is 0 Å². The summed E-state index contributed by atoms with van der Waals surface area (Å²) in [5.41, 5.74) is 2.07. The van der Waals surface area contributed by atoms with Gasteiger partial charge in [-0.25, -0.2) is 0 Å². The summed E-state index contributed by atoms with van der Waals surface area (Å²) < 4.78 is 5.41. The Bertz CT molecular complexity index is 695. The molecule has 1 aliphatic heterocycles. The van der Waals surface area contributed by atoms with Crippen LogP contribution in [0.1, 0.15) is 18.1 Å². The molecular formula is C20H26N3O2+. The van der Waals surface area contributed by atoms with Gasteiger partial charge in [-0.1, -0.05) is 36.4 Å². The normalized spacial score (nSPS) is 15.6. The number of hydrazone groups is 1. The van der Waals surface area contributed by atoms with Crippen LogP contribution < -0.4 is 9.64 Å². The first kappa shape index (κ1) is 17.3. The van der Waals surface area contributed by atoms with Crippen LogP contribution in [0.5, 0.6) is 11.5 Å². The first-order valence-corrected chi connectivity index (χ1v) is 8.87. The molecule has 0 aromatic heterocycles. The summed E-state index contributed by atoms with van der Waals surface area (Å²) in [6.45, 7) is 7.47. The molecule has 0 unspecified atom stereocenters. The maximum Gasteiger partial charge on any atom is 0.166 e. The molecular weight excluding hydrogens is 314 g/mol. The van der Waals surface area contributed by atoms with E-state index in [4.69, 9.17) is 4.74 Å². The fourth-order valence-corrected chi connectivity index (χ4v) is 3.05. The van der Waals surface area contributed by atoms with Crippen LogP contribution in [-0.2, 0) is 6.54 Å². The fourth-order valence-electron chi connectivity index (χ4n) is 3.05. The third kappa shape index (κ3) is 4.73. The number of aromatic hydroxyl groups is 1. The molecule has 2 N–H and O–H groups in total. The number of nitrogens with one attached hydrogen (secondary N) is 1. The highest BCUT2D eigenvalue weighted by Gasteiger charge is 2.18. The Morgan fingerprint density at radius 3 is 2.60 bits per heavy atom. The summed E-state index contributed by atoms with van der Waals surface area (Å²) in [7, 11) is 0. The predicted octanol–water partition coefficient (Wildman–Crippen LogP) is 1.53. The number of quaternary nitrogens is 1. The van der Waals surface area contributed by atoms with E-state index in [-0.39, 0.29) is 5.75 Å². The highest BCUT2D eigenvalue weighted by atomic mass is 16.5. The monoisotopic (exact) mass is 340 g/mol. The molecule has 25 heavy (non-hydrogen) atoms. The van der Waals surface area contributed by atoms with Crippen LogP contribution in [-0.4, -0.2) is 49.1 Å². The van der Waals surface area contributed by atoms with Gasteiger partial charge in [-0.05, 0) is 19.1 Å². The molecule has 1 fully saturated rings. The van der Waals surface area contributed by atoms with Crippen molar-refractivity contribution in [3.8, 4) is 11.5 Å². The van der Waals surface area contributed by atoms with E-state index in [9.17, 15) is 5.11 Å². The molecule has 2 aromatic rings. The van der Waals surface area contributed by atoms with Crippen LogP contribution in [0.3, 0.4) is 0 Å². The Hall–Kier alpha value is -2.53. The summed E-state index contributed by atoms with van der Waals surface area (Å²) in [5, 5.41) is 16.8. The molecule has 0 bridgehead atoms. The number of phenols is 1. The molecule has 0 saturated carbocycles. The number of ether oxygens (including phenoxy) is 1. The third-order valence-electron chi connectivity index (χ3n) is 4.43. The Kier molecular flexibility index (Phi) is 5.90. The molecule has 3 rings (SSSR count). The smallest absolute Gasteiger partial charge is 0.166 e. The molecule has 2 aromatic carbocycles. The van der Waals surface area contributed by atoms with E-state index in [0.717, 1.165) is 32.7 Å². The lowest BCUT2D eigenvalue weighted by molar-refractivity contribution is -0.918.